The summed E-state index contributed by atoms with van der Waals surface area (Å²) < 4.78 is 22.0. The molecule has 1 heterocycles. The molecule has 0 N–H and O–H groups in total. The normalized spacial score (nSPS) is 14.0. The number of hydrogen-bond acceptors (Lipinski definition) is 6. The van der Waals surface area contributed by atoms with Crippen LogP contribution < -0.4 is 14.2 Å². The lowest BCUT2D eigenvalue weighted by atomic mass is 9.96. The van der Waals surface area contributed by atoms with Gasteiger partial charge in [-0.2, -0.15) is 0 Å². The SMILES string of the molecule is CCOC(=O)C1CCN(C(=O)c2ccc(OCC)c(COc3cccc(OC)c3)c2)CC1. The third-order valence-corrected chi connectivity index (χ3v) is 5.44. The van der Waals surface area contributed by atoms with Crippen LogP contribution in [-0.4, -0.2) is 50.2 Å². The van der Waals surface area contributed by atoms with E-state index in [2.05, 4.69) is 0 Å². The molecule has 1 fully saturated rings. The first-order valence-corrected chi connectivity index (χ1v) is 11.0. The van der Waals surface area contributed by atoms with Gasteiger partial charge >= 0.3 is 5.97 Å². The van der Waals surface area contributed by atoms with Crippen molar-refractivity contribution in [3.05, 3.63) is 53.6 Å². The molecule has 0 unspecified atom stereocenters. The van der Waals surface area contributed by atoms with Crippen molar-refractivity contribution in [3.63, 3.8) is 0 Å². The van der Waals surface area contributed by atoms with E-state index in [4.69, 9.17) is 18.9 Å². The van der Waals surface area contributed by atoms with Crippen LogP contribution in [0.15, 0.2) is 42.5 Å². The van der Waals surface area contributed by atoms with Gasteiger partial charge in [-0.3, -0.25) is 9.59 Å². The monoisotopic (exact) mass is 441 g/mol. The van der Waals surface area contributed by atoms with Crippen molar-refractivity contribution >= 4 is 11.9 Å². The smallest absolute Gasteiger partial charge is 0.309 e. The molecule has 32 heavy (non-hydrogen) atoms. The molecule has 172 valence electrons. The first-order valence-electron chi connectivity index (χ1n) is 11.0. The van der Waals surface area contributed by atoms with E-state index < -0.39 is 0 Å². The second kappa shape index (κ2) is 11.4. The maximum Gasteiger partial charge on any atom is 0.309 e. The molecule has 0 radical (unpaired) electrons. The van der Waals surface area contributed by atoms with Crippen molar-refractivity contribution in [3.8, 4) is 17.2 Å². The van der Waals surface area contributed by atoms with E-state index in [1.54, 1.807) is 25.0 Å². The Balaban J connectivity index is 1.69. The topological polar surface area (TPSA) is 74.3 Å². The van der Waals surface area contributed by atoms with Gasteiger partial charge in [0, 0.05) is 30.3 Å². The maximum atomic E-state index is 13.1. The highest BCUT2D eigenvalue weighted by atomic mass is 16.5. The van der Waals surface area contributed by atoms with Gasteiger partial charge in [0.2, 0.25) is 0 Å². The second-order valence-corrected chi connectivity index (χ2v) is 7.54. The van der Waals surface area contributed by atoms with Gasteiger partial charge in [0.05, 0.1) is 26.2 Å². The number of piperidine rings is 1. The van der Waals surface area contributed by atoms with Crippen molar-refractivity contribution < 1.29 is 28.5 Å². The molecule has 1 saturated heterocycles. The lowest BCUT2D eigenvalue weighted by Gasteiger charge is -2.31. The van der Waals surface area contributed by atoms with Gasteiger partial charge in [0.25, 0.3) is 5.91 Å². The number of benzene rings is 2. The number of hydrogen-bond donors (Lipinski definition) is 0. The van der Waals surface area contributed by atoms with Gasteiger partial charge in [-0.05, 0) is 57.0 Å². The molecular weight excluding hydrogens is 410 g/mol. The second-order valence-electron chi connectivity index (χ2n) is 7.54. The number of methoxy groups -OCH3 is 1. The summed E-state index contributed by atoms with van der Waals surface area (Å²) in [6.07, 6.45) is 1.24. The third-order valence-electron chi connectivity index (χ3n) is 5.44. The summed E-state index contributed by atoms with van der Waals surface area (Å²) in [6, 6.07) is 12.8. The highest BCUT2D eigenvalue weighted by molar-refractivity contribution is 5.94. The molecule has 0 saturated carbocycles. The number of esters is 1. The van der Waals surface area contributed by atoms with Gasteiger partial charge in [-0.1, -0.05) is 6.07 Å². The number of carbonyl (C=O) groups excluding carboxylic acids is 2. The number of likely N-dealkylation sites (tertiary alicyclic amines) is 1. The molecule has 0 aliphatic carbocycles. The lowest BCUT2D eigenvalue weighted by molar-refractivity contribution is -0.149. The molecule has 7 heteroatoms. The van der Waals surface area contributed by atoms with E-state index in [9.17, 15) is 9.59 Å². The van der Waals surface area contributed by atoms with Crippen molar-refractivity contribution in [2.45, 2.75) is 33.3 Å². The average Bonchev–Trinajstić information content (AvgIpc) is 2.83. The molecule has 7 nitrogen and oxygen atoms in total. The van der Waals surface area contributed by atoms with E-state index in [0.29, 0.717) is 62.0 Å². The molecule has 2 aromatic carbocycles. The van der Waals surface area contributed by atoms with Gasteiger partial charge in [-0.15, -0.1) is 0 Å². The van der Waals surface area contributed by atoms with Crippen LogP contribution in [0.25, 0.3) is 0 Å². The predicted octanol–water partition coefficient (Wildman–Crippen LogP) is 4.09. The van der Waals surface area contributed by atoms with E-state index in [1.165, 1.54) is 0 Å². The fourth-order valence-electron chi connectivity index (χ4n) is 3.73. The molecule has 0 atom stereocenters. The minimum atomic E-state index is -0.169. The minimum absolute atomic E-state index is 0.0574. The molecule has 0 bridgehead atoms. The van der Waals surface area contributed by atoms with Crippen molar-refractivity contribution in [1.29, 1.82) is 0 Å². The van der Waals surface area contributed by atoms with Crippen LogP contribution in [0.3, 0.4) is 0 Å². The zero-order chi connectivity index (χ0) is 22.9. The highest BCUT2D eigenvalue weighted by Gasteiger charge is 2.29. The first-order chi connectivity index (χ1) is 15.5. The standard InChI is InChI=1S/C25H31NO6/c1-4-30-23-10-9-19(15-20(23)17-32-22-8-6-7-21(16-22)29-3)24(27)26-13-11-18(12-14-26)25(28)31-5-2/h6-10,15-16,18H,4-5,11-14,17H2,1-3H3. The number of amides is 1. The Morgan fingerprint density at radius 3 is 2.41 bits per heavy atom. The molecule has 0 aromatic heterocycles. The summed E-state index contributed by atoms with van der Waals surface area (Å²) >= 11 is 0. The Kier molecular flexibility index (Phi) is 8.36. The fourth-order valence-corrected chi connectivity index (χ4v) is 3.73. The molecular formula is C25H31NO6. The van der Waals surface area contributed by atoms with Gasteiger partial charge in [0.1, 0.15) is 23.9 Å². The largest absolute Gasteiger partial charge is 0.497 e. The fraction of sp³-hybridized carbons (Fsp3) is 0.440. The number of ether oxygens (including phenoxy) is 4. The first kappa shape index (κ1) is 23.4. The summed E-state index contributed by atoms with van der Waals surface area (Å²) in [5.74, 6) is 1.71. The summed E-state index contributed by atoms with van der Waals surface area (Å²) in [5, 5.41) is 0. The van der Waals surface area contributed by atoms with Crippen molar-refractivity contribution in [1.82, 2.24) is 4.90 Å². The molecule has 1 aliphatic heterocycles. The molecule has 1 aliphatic rings. The Hall–Kier alpha value is -3.22. The quantitative estimate of drug-likeness (QED) is 0.546. The number of carbonyl (C=O) groups is 2. The highest BCUT2D eigenvalue weighted by Crippen LogP contribution is 2.26. The minimum Gasteiger partial charge on any atom is -0.497 e. The average molecular weight is 442 g/mol. The van der Waals surface area contributed by atoms with Gasteiger partial charge < -0.3 is 23.8 Å². The Labute approximate surface area is 189 Å². The van der Waals surface area contributed by atoms with Crippen molar-refractivity contribution in [2.24, 2.45) is 5.92 Å². The third kappa shape index (κ3) is 5.93. The van der Waals surface area contributed by atoms with Crippen molar-refractivity contribution in [2.75, 3.05) is 33.4 Å². The van der Waals surface area contributed by atoms with Crippen LogP contribution in [0.1, 0.15) is 42.6 Å². The summed E-state index contributed by atoms with van der Waals surface area (Å²) in [6.45, 7) is 5.94. The van der Waals surface area contributed by atoms with Crippen LogP contribution in [0.4, 0.5) is 0 Å². The van der Waals surface area contributed by atoms with Crippen LogP contribution in [0, 0.1) is 5.92 Å². The lowest BCUT2D eigenvalue weighted by Crippen LogP contribution is -2.40. The zero-order valence-corrected chi connectivity index (χ0v) is 19.0. The Bertz CT molecular complexity index is 920. The van der Waals surface area contributed by atoms with Crippen LogP contribution in [-0.2, 0) is 16.1 Å². The van der Waals surface area contributed by atoms with Crippen LogP contribution in [0.2, 0.25) is 0 Å². The number of rotatable bonds is 9. The van der Waals surface area contributed by atoms with E-state index in [-0.39, 0.29) is 24.4 Å². The van der Waals surface area contributed by atoms with Crippen LogP contribution >= 0.6 is 0 Å². The molecule has 0 spiro atoms. The zero-order valence-electron chi connectivity index (χ0n) is 19.0. The van der Waals surface area contributed by atoms with Crippen LogP contribution in [0.5, 0.6) is 17.2 Å². The summed E-state index contributed by atoms with van der Waals surface area (Å²) in [4.78, 5) is 26.8. The number of nitrogens with zero attached hydrogens (tertiary/aromatic N) is 1. The van der Waals surface area contributed by atoms with Gasteiger partial charge in [-0.25, -0.2) is 0 Å². The Morgan fingerprint density at radius 2 is 1.72 bits per heavy atom. The maximum absolute atomic E-state index is 13.1. The van der Waals surface area contributed by atoms with E-state index in [1.807, 2.05) is 43.3 Å². The molecule has 2 aromatic rings. The van der Waals surface area contributed by atoms with Gasteiger partial charge in [0.15, 0.2) is 0 Å². The summed E-state index contributed by atoms with van der Waals surface area (Å²) in [7, 11) is 1.61. The molecule has 3 rings (SSSR count). The predicted molar refractivity (Wildman–Crippen MR) is 120 cm³/mol. The summed E-state index contributed by atoms with van der Waals surface area (Å²) in [5.41, 5.74) is 1.37. The molecule has 1 amide bonds. The van der Waals surface area contributed by atoms with E-state index >= 15 is 0 Å². The van der Waals surface area contributed by atoms with E-state index in [0.717, 1.165) is 5.56 Å². The Morgan fingerprint density at radius 1 is 0.969 bits per heavy atom.